The maximum absolute atomic E-state index is 13.3. The molecule has 5 nitrogen and oxygen atoms in total. The number of anilines is 1. The molecule has 1 N–H and O–H groups in total. The molecule has 4 rings (SSSR count). The number of benzene rings is 3. The number of hydrogen-bond acceptors (Lipinski definition) is 3. The molecule has 0 atom stereocenters. The summed E-state index contributed by atoms with van der Waals surface area (Å²) in [6.07, 6.45) is 0. The molecular weight excluding hydrogens is 376 g/mol. The van der Waals surface area contributed by atoms with Crippen molar-refractivity contribution in [2.24, 2.45) is 0 Å². The van der Waals surface area contributed by atoms with E-state index in [0.717, 1.165) is 16.5 Å². The molecule has 5 heteroatoms. The van der Waals surface area contributed by atoms with Gasteiger partial charge in [0.15, 0.2) is 0 Å². The Kier molecular flexibility index (Phi) is 5.35. The van der Waals surface area contributed by atoms with Crippen LogP contribution in [-0.4, -0.2) is 18.0 Å². The van der Waals surface area contributed by atoms with E-state index in [0.29, 0.717) is 22.6 Å². The van der Waals surface area contributed by atoms with Crippen LogP contribution in [0.25, 0.3) is 10.9 Å². The first-order valence-electron chi connectivity index (χ1n) is 9.69. The van der Waals surface area contributed by atoms with Crippen molar-refractivity contribution in [3.8, 4) is 5.75 Å². The van der Waals surface area contributed by atoms with E-state index in [-0.39, 0.29) is 18.0 Å². The average molecular weight is 398 g/mol. The Morgan fingerprint density at radius 3 is 2.40 bits per heavy atom. The lowest BCUT2D eigenvalue weighted by Crippen LogP contribution is -2.32. The summed E-state index contributed by atoms with van der Waals surface area (Å²) in [5.74, 6) is 0.522. The van der Waals surface area contributed by atoms with Gasteiger partial charge in [0.05, 0.1) is 13.7 Å². The summed E-state index contributed by atoms with van der Waals surface area (Å²) in [6, 6.07) is 24.1. The molecule has 0 unspecified atom stereocenters. The third kappa shape index (κ3) is 3.96. The quantitative estimate of drug-likeness (QED) is 0.530. The van der Waals surface area contributed by atoms with Crippen LogP contribution in [0.1, 0.15) is 21.5 Å². The zero-order chi connectivity index (χ0) is 21.1. The predicted octanol–water partition coefficient (Wildman–Crippen LogP) is 4.69. The Bertz CT molecular complexity index is 1250. The van der Waals surface area contributed by atoms with Crippen molar-refractivity contribution in [2.75, 3.05) is 12.0 Å². The molecule has 0 aliphatic rings. The number of rotatable bonds is 5. The van der Waals surface area contributed by atoms with E-state index in [1.807, 2.05) is 61.5 Å². The molecule has 0 saturated carbocycles. The Morgan fingerprint density at radius 1 is 0.967 bits per heavy atom. The zero-order valence-electron chi connectivity index (χ0n) is 16.9. The number of aromatic nitrogens is 1. The third-order valence-electron chi connectivity index (χ3n) is 5.06. The zero-order valence-corrected chi connectivity index (χ0v) is 16.9. The number of nitrogens with one attached hydrogen (secondary N) is 1. The van der Waals surface area contributed by atoms with E-state index in [2.05, 4.69) is 4.98 Å². The molecule has 4 aromatic rings. The van der Waals surface area contributed by atoms with Gasteiger partial charge < -0.3 is 14.6 Å². The predicted molar refractivity (Wildman–Crippen MR) is 119 cm³/mol. The number of ether oxygens (including phenoxy) is 1. The van der Waals surface area contributed by atoms with E-state index in [9.17, 15) is 9.59 Å². The highest BCUT2D eigenvalue weighted by Gasteiger charge is 2.20. The summed E-state index contributed by atoms with van der Waals surface area (Å²) in [5, 5.41) is 0.928. The lowest BCUT2D eigenvalue weighted by atomic mass is 10.1. The summed E-state index contributed by atoms with van der Waals surface area (Å²) in [5.41, 5.74) is 3.42. The van der Waals surface area contributed by atoms with Crippen molar-refractivity contribution in [1.82, 2.24) is 4.98 Å². The molecule has 30 heavy (non-hydrogen) atoms. The Balaban J connectivity index is 1.76. The number of methoxy groups -OCH3 is 1. The highest BCUT2D eigenvalue weighted by molar-refractivity contribution is 6.06. The van der Waals surface area contributed by atoms with Crippen LogP contribution in [0.4, 0.5) is 5.69 Å². The van der Waals surface area contributed by atoms with Gasteiger partial charge in [-0.1, -0.05) is 30.3 Å². The van der Waals surface area contributed by atoms with E-state index in [1.165, 1.54) is 0 Å². The number of H-pyrrole nitrogens is 1. The average Bonchev–Trinajstić information content (AvgIpc) is 2.78. The second-order valence-corrected chi connectivity index (χ2v) is 7.17. The lowest BCUT2D eigenvalue weighted by molar-refractivity contribution is 0.0985. The molecule has 1 amide bonds. The largest absolute Gasteiger partial charge is 0.497 e. The summed E-state index contributed by atoms with van der Waals surface area (Å²) >= 11 is 0. The number of aromatic amines is 1. The Hall–Kier alpha value is -3.86. The van der Waals surface area contributed by atoms with E-state index >= 15 is 0 Å². The topological polar surface area (TPSA) is 62.4 Å². The number of nitrogens with zero attached hydrogens (tertiary/aromatic N) is 1. The van der Waals surface area contributed by atoms with Crippen LogP contribution in [0, 0.1) is 6.92 Å². The fourth-order valence-corrected chi connectivity index (χ4v) is 3.43. The van der Waals surface area contributed by atoms with Crippen molar-refractivity contribution in [3.05, 3.63) is 106 Å². The first kappa shape index (κ1) is 19.5. The van der Waals surface area contributed by atoms with Crippen molar-refractivity contribution in [3.63, 3.8) is 0 Å². The van der Waals surface area contributed by atoms with Crippen molar-refractivity contribution in [2.45, 2.75) is 13.5 Å². The van der Waals surface area contributed by atoms with Crippen molar-refractivity contribution < 1.29 is 9.53 Å². The molecule has 0 bridgehead atoms. The van der Waals surface area contributed by atoms with Crippen LogP contribution in [-0.2, 0) is 6.54 Å². The van der Waals surface area contributed by atoms with Gasteiger partial charge in [-0.3, -0.25) is 9.59 Å². The van der Waals surface area contributed by atoms with Crippen LogP contribution >= 0.6 is 0 Å². The first-order valence-corrected chi connectivity index (χ1v) is 9.69. The van der Waals surface area contributed by atoms with Gasteiger partial charge in [-0.15, -0.1) is 0 Å². The number of amides is 1. The van der Waals surface area contributed by atoms with Gasteiger partial charge in [0.2, 0.25) is 0 Å². The van der Waals surface area contributed by atoms with Crippen molar-refractivity contribution >= 4 is 22.5 Å². The molecule has 0 radical (unpaired) electrons. The minimum absolute atomic E-state index is 0.152. The number of carbonyl (C=O) groups excluding carboxylic acids is 1. The molecular formula is C25H22N2O3. The minimum Gasteiger partial charge on any atom is -0.497 e. The number of aryl methyl sites for hydroxylation is 1. The summed E-state index contributed by atoms with van der Waals surface area (Å²) in [6.45, 7) is 2.13. The molecule has 0 spiro atoms. The molecule has 150 valence electrons. The number of hydrogen-bond donors (Lipinski definition) is 1. The fourth-order valence-electron chi connectivity index (χ4n) is 3.43. The normalized spacial score (nSPS) is 10.7. The molecule has 0 saturated heterocycles. The minimum atomic E-state index is -0.201. The lowest BCUT2D eigenvalue weighted by Gasteiger charge is -2.23. The number of fused-ring (bicyclic) bond motifs is 1. The first-order chi connectivity index (χ1) is 14.5. The summed E-state index contributed by atoms with van der Waals surface area (Å²) in [7, 11) is 1.60. The van der Waals surface area contributed by atoms with Gasteiger partial charge in [-0.25, -0.2) is 0 Å². The van der Waals surface area contributed by atoms with Gasteiger partial charge in [-0.2, -0.15) is 0 Å². The van der Waals surface area contributed by atoms with Crippen LogP contribution < -0.4 is 15.2 Å². The van der Waals surface area contributed by atoms with Gasteiger partial charge >= 0.3 is 0 Å². The van der Waals surface area contributed by atoms with Crippen LogP contribution in [0.3, 0.4) is 0 Å². The molecule has 0 fully saturated rings. The van der Waals surface area contributed by atoms with E-state index in [1.54, 1.807) is 36.3 Å². The Labute approximate surface area is 174 Å². The van der Waals surface area contributed by atoms with Crippen LogP contribution in [0.5, 0.6) is 5.75 Å². The highest BCUT2D eigenvalue weighted by Crippen LogP contribution is 2.23. The van der Waals surface area contributed by atoms with E-state index in [4.69, 9.17) is 4.74 Å². The molecule has 0 aliphatic heterocycles. The molecule has 1 heterocycles. The molecule has 1 aromatic heterocycles. The van der Waals surface area contributed by atoms with Gasteiger partial charge in [-0.05, 0) is 66.4 Å². The smallest absolute Gasteiger partial charge is 0.258 e. The molecule has 0 aliphatic carbocycles. The van der Waals surface area contributed by atoms with Crippen LogP contribution in [0.2, 0.25) is 0 Å². The summed E-state index contributed by atoms with van der Waals surface area (Å²) in [4.78, 5) is 30.6. The number of carbonyl (C=O) groups is 1. The standard InChI is InChI=1S/C25H22N2O3/c1-17-8-9-19-15-20(24(28)26-23(19)14-17)16-27(21-10-12-22(30-2)13-11-21)25(29)18-6-4-3-5-7-18/h3-15H,16H2,1-2H3,(H,26,28). The third-order valence-corrected chi connectivity index (χ3v) is 5.06. The van der Waals surface area contributed by atoms with Crippen LogP contribution in [0.15, 0.2) is 83.7 Å². The molecule has 3 aromatic carbocycles. The van der Waals surface area contributed by atoms with Crippen molar-refractivity contribution in [1.29, 1.82) is 0 Å². The maximum atomic E-state index is 13.3. The highest BCUT2D eigenvalue weighted by atomic mass is 16.5. The second kappa shape index (κ2) is 8.25. The maximum Gasteiger partial charge on any atom is 0.258 e. The van der Waals surface area contributed by atoms with Gasteiger partial charge in [0, 0.05) is 22.3 Å². The van der Waals surface area contributed by atoms with Gasteiger partial charge in [0.25, 0.3) is 11.5 Å². The van der Waals surface area contributed by atoms with E-state index < -0.39 is 0 Å². The SMILES string of the molecule is COc1ccc(N(Cc2cc3ccc(C)cc3[nH]c2=O)C(=O)c2ccccc2)cc1. The van der Waals surface area contributed by atoms with Gasteiger partial charge in [0.1, 0.15) is 5.75 Å². The number of pyridine rings is 1. The second-order valence-electron chi connectivity index (χ2n) is 7.17. The summed E-state index contributed by atoms with van der Waals surface area (Å²) < 4.78 is 5.23. The fraction of sp³-hybridized carbons (Fsp3) is 0.120. The Morgan fingerprint density at radius 2 is 1.70 bits per heavy atom. The monoisotopic (exact) mass is 398 g/mol.